The zero-order valence-corrected chi connectivity index (χ0v) is 19.4. The van der Waals surface area contributed by atoms with Crippen LogP contribution in [-0.4, -0.2) is 31.7 Å². The average Bonchev–Trinajstić information content (AvgIpc) is 3.44. The van der Waals surface area contributed by atoms with Gasteiger partial charge in [-0.05, 0) is 37.8 Å². The number of benzene rings is 2. The molecule has 0 saturated carbocycles. The van der Waals surface area contributed by atoms with Crippen molar-refractivity contribution in [2.75, 3.05) is 6.26 Å². The molecule has 1 atom stereocenters. The summed E-state index contributed by atoms with van der Waals surface area (Å²) in [4.78, 5) is 22.2. The van der Waals surface area contributed by atoms with Crippen molar-refractivity contribution in [3.05, 3.63) is 88.9 Å². The predicted octanol–water partition coefficient (Wildman–Crippen LogP) is 4.66. The molecule has 0 spiro atoms. The molecule has 2 aromatic carbocycles. The molecule has 0 aliphatic heterocycles. The molecule has 0 bridgehead atoms. The minimum atomic E-state index is -0.405. The first-order valence-electron chi connectivity index (χ1n) is 10.6. The van der Waals surface area contributed by atoms with Gasteiger partial charge in [-0.2, -0.15) is 4.98 Å². The van der Waals surface area contributed by atoms with Crippen LogP contribution in [0.2, 0.25) is 0 Å². The first kappa shape index (κ1) is 21.2. The number of hydrogen-bond donors (Lipinski definition) is 1. The Morgan fingerprint density at radius 3 is 2.61 bits per heavy atom. The third-order valence-electron chi connectivity index (χ3n) is 5.72. The van der Waals surface area contributed by atoms with Crippen molar-refractivity contribution in [2.45, 2.75) is 31.5 Å². The van der Waals surface area contributed by atoms with Crippen LogP contribution in [0.15, 0.2) is 70.2 Å². The van der Waals surface area contributed by atoms with Crippen molar-refractivity contribution in [1.29, 1.82) is 0 Å². The van der Waals surface area contributed by atoms with Crippen LogP contribution in [0.1, 0.15) is 34.3 Å². The summed E-state index contributed by atoms with van der Waals surface area (Å²) in [6.45, 7) is 3.84. The topological polar surface area (TPSA) is 85.3 Å². The number of aromatic nitrogens is 4. The van der Waals surface area contributed by atoms with Gasteiger partial charge in [-0.3, -0.25) is 4.79 Å². The lowest BCUT2D eigenvalue weighted by molar-refractivity contribution is -0.121. The molecule has 166 valence electrons. The Labute approximate surface area is 195 Å². The largest absolute Gasteiger partial charge is 0.459 e. The maximum Gasteiger partial charge on any atom is 0.253 e. The fourth-order valence-electron chi connectivity index (χ4n) is 4.01. The smallest absolute Gasteiger partial charge is 0.253 e. The Morgan fingerprint density at radius 2 is 1.85 bits per heavy atom. The number of carbonyl (C=O) groups excluding carboxylic acids is 1. The summed E-state index contributed by atoms with van der Waals surface area (Å²) in [5.74, 6) is 1.11. The molecular formula is C25H23N5O2S. The van der Waals surface area contributed by atoms with Crippen molar-refractivity contribution in [2.24, 2.45) is 0 Å². The normalized spacial score (nSPS) is 12.3. The summed E-state index contributed by atoms with van der Waals surface area (Å²) in [7, 11) is 0. The highest BCUT2D eigenvalue weighted by Gasteiger charge is 2.23. The number of carbonyl (C=O) groups is 1. The molecule has 33 heavy (non-hydrogen) atoms. The number of rotatable bonds is 6. The number of thioether (sulfide) groups is 1. The predicted molar refractivity (Wildman–Crippen MR) is 128 cm³/mol. The van der Waals surface area contributed by atoms with E-state index >= 15 is 0 Å². The molecule has 0 saturated heterocycles. The fourth-order valence-corrected chi connectivity index (χ4v) is 4.35. The van der Waals surface area contributed by atoms with Crippen LogP contribution < -0.4 is 5.32 Å². The summed E-state index contributed by atoms with van der Waals surface area (Å²) < 4.78 is 7.81. The van der Waals surface area contributed by atoms with Gasteiger partial charge < -0.3 is 9.73 Å². The highest BCUT2D eigenvalue weighted by atomic mass is 32.2. The fraction of sp³-hybridized carbons (Fsp3) is 0.200. The molecule has 0 aliphatic rings. The van der Waals surface area contributed by atoms with Crippen LogP contribution in [0.25, 0.3) is 16.7 Å². The van der Waals surface area contributed by atoms with E-state index in [9.17, 15) is 4.79 Å². The lowest BCUT2D eigenvalue weighted by Crippen LogP contribution is -2.31. The molecule has 3 aromatic heterocycles. The summed E-state index contributed by atoms with van der Waals surface area (Å²) in [5.41, 5.74) is 4.22. The number of amides is 1. The third-order valence-corrected chi connectivity index (χ3v) is 6.25. The Balaban J connectivity index is 1.47. The van der Waals surface area contributed by atoms with E-state index < -0.39 is 6.04 Å². The third kappa shape index (κ3) is 4.09. The first-order valence-corrected chi connectivity index (χ1v) is 11.9. The first-order chi connectivity index (χ1) is 16.0. The second-order valence-electron chi connectivity index (χ2n) is 7.85. The molecule has 0 radical (unpaired) electrons. The summed E-state index contributed by atoms with van der Waals surface area (Å²) in [5, 5.41) is 9.30. The number of hydrogen-bond acceptors (Lipinski definition) is 6. The van der Waals surface area contributed by atoms with Crippen molar-refractivity contribution in [3.8, 4) is 0 Å². The lowest BCUT2D eigenvalue weighted by Gasteiger charge is -2.18. The molecule has 0 aliphatic carbocycles. The standard InChI is InChI=1S/C25H23N5O2S/c1-15-19(16(2)30-24(26-15)28-25(29-30)33-3)14-22(31)27-23(17-9-5-4-6-10-17)21-13-18-11-7-8-12-20(18)32-21/h4-13,23H,14H2,1-3H3,(H,27,31). The van der Waals surface area contributed by atoms with Crippen molar-refractivity contribution < 1.29 is 9.21 Å². The number of nitrogens with zero attached hydrogens (tertiary/aromatic N) is 4. The zero-order chi connectivity index (χ0) is 22.9. The van der Waals surface area contributed by atoms with Crippen LogP contribution in [0.3, 0.4) is 0 Å². The van der Waals surface area contributed by atoms with Gasteiger partial charge in [0, 0.05) is 22.3 Å². The SMILES string of the molecule is CSc1nc2nc(C)c(CC(=O)NC(c3ccccc3)c3cc4ccccc4o3)c(C)n2n1. The van der Waals surface area contributed by atoms with Gasteiger partial charge >= 0.3 is 0 Å². The minimum absolute atomic E-state index is 0.123. The molecule has 0 fully saturated rings. The van der Waals surface area contributed by atoms with Gasteiger partial charge in [0.05, 0.1) is 6.42 Å². The van der Waals surface area contributed by atoms with Gasteiger partial charge in [-0.15, -0.1) is 5.10 Å². The van der Waals surface area contributed by atoms with Crippen LogP contribution in [0.4, 0.5) is 0 Å². The van der Waals surface area contributed by atoms with Crippen LogP contribution in [0, 0.1) is 13.8 Å². The van der Waals surface area contributed by atoms with E-state index in [1.807, 2.05) is 80.8 Å². The van der Waals surface area contributed by atoms with Gasteiger partial charge in [-0.25, -0.2) is 9.50 Å². The Kier molecular flexibility index (Phi) is 5.60. The summed E-state index contributed by atoms with van der Waals surface area (Å²) >= 11 is 1.46. The summed E-state index contributed by atoms with van der Waals surface area (Å²) in [6, 6.07) is 19.3. The maximum absolute atomic E-state index is 13.3. The van der Waals surface area contributed by atoms with Gasteiger partial charge in [0.15, 0.2) is 0 Å². The van der Waals surface area contributed by atoms with Crippen LogP contribution in [-0.2, 0) is 11.2 Å². The molecule has 5 aromatic rings. The highest BCUT2D eigenvalue weighted by molar-refractivity contribution is 7.98. The van der Waals surface area contributed by atoms with Crippen molar-refractivity contribution in [1.82, 2.24) is 24.9 Å². The van der Waals surface area contributed by atoms with E-state index in [1.54, 1.807) is 4.52 Å². The lowest BCUT2D eigenvalue weighted by atomic mass is 10.0. The van der Waals surface area contributed by atoms with Gasteiger partial charge in [0.25, 0.3) is 5.78 Å². The van der Waals surface area contributed by atoms with Crippen molar-refractivity contribution in [3.63, 3.8) is 0 Å². The van der Waals surface area contributed by atoms with E-state index in [4.69, 9.17) is 4.42 Å². The van der Waals surface area contributed by atoms with Crippen LogP contribution in [0.5, 0.6) is 0 Å². The molecule has 7 nitrogen and oxygen atoms in total. The quantitative estimate of drug-likeness (QED) is 0.373. The molecule has 3 heterocycles. The van der Waals surface area contributed by atoms with Crippen LogP contribution >= 0.6 is 11.8 Å². The molecule has 5 rings (SSSR count). The monoisotopic (exact) mass is 457 g/mol. The molecule has 1 N–H and O–H groups in total. The van der Waals surface area contributed by atoms with E-state index in [0.29, 0.717) is 16.7 Å². The van der Waals surface area contributed by atoms with Gasteiger partial charge in [0.1, 0.15) is 17.4 Å². The number of aryl methyl sites for hydroxylation is 2. The van der Waals surface area contributed by atoms with E-state index in [1.165, 1.54) is 11.8 Å². The molecular weight excluding hydrogens is 434 g/mol. The number of fused-ring (bicyclic) bond motifs is 2. The minimum Gasteiger partial charge on any atom is -0.459 e. The molecule has 1 amide bonds. The number of nitrogens with one attached hydrogen (secondary N) is 1. The average molecular weight is 458 g/mol. The zero-order valence-electron chi connectivity index (χ0n) is 18.6. The Bertz CT molecular complexity index is 1430. The van der Waals surface area contributed by atoms with Gasteiger partial charge in [0.2, 0.25) is 11.1 Å². The van der Waals surface area contributed by atoms with Crippen molar-refractivity contribution >= 4 is 34.4 Å². The molecule has 1 unspecified atom stereocenters. The Morgan fingerprint density at radius 1 is 1.09 bits per heavy atom. The second kappa shape index (κ2) is 8.71. The number of para-hydroxylation sites is 1. The Hall–Kier alpha value is -3.65. The van der Waals surface area contributed by atoms with E-state index in [2.05, 4.69) is 20.4 Å². The second-order valence-corrected chi connectivity index (χ2v) is 8.62. The highest BCUT2D eigenvalue weighted by Crippen LogP contribution is 2.28. The molecule has 8 heteroatoms. The van der Waals surface area contributed by atoms with Gasteiger partial charge in [-0.1, -0.05) is 60.3 Å². The summed E-state index contributed by atoms with van der Waals surface area (Å²) in [6.07, 6.45) is 2.10. The maximum atomic E-state index is 13.3. The van der Waals surface area contributed by atoms with E-state index in [0.717, 1.165) is 33.5 Å². The number of furan rings is 1. The van der Waals surface area contributed by atoms with E-state index in [-0.39, 0.29) is 12.3 Å².